The number of aliphatic imine (C=N–C) groups is 1. The first-order valence-corrected chi connectivity index (χ1v) is 7.92. The Balaban J connectivity index is 1.48. The molecule has 1 heterocycles. The van der Waals surface area contributed by atoms with E-state index in [0.29, 0.717) is 30.8 Å². The van der Waals surface area contributed by atoms with Crippen molar-refractivity contribution in [2.75, 3.05) is 6.54 Å². The van der Waals surface area contributed by atoms with Crippen molar-refractivity contribution >= 4 is 17.8 Å². The molecular weight excluding hydrogens is 304 g/mol. The molecule has 2 aromatic carbocycles. The maximum absolute atomic E-state index is 11.9. The van der Waals surface area contributed by atoms with Crippen molar-refractivity contribution in [2.24, 2.45) is 4.99 Å². The van der Waals surface area contributed by atoms with Crippen molar-refractivity contribution in [3.63, 3.8) is 0 Å². The average Bonchev–Trinajstić information content (AvgIpc) is 3.01. The predicted octanol–water partition coefficient (Wildman–Crippen LogP) is 2.57. The van der Waals surface area contributed by atoms with Crippen LogP contribution in [0.5, 0.6) is 0 Å². The third-order valence-corrected chi connectivity index (χ3v) is 3.74. The van der Waals surface area contributed by atoms with Crippen LogP contribution in [0.4, 0.5) is 0 Å². The molecule has 5 nitrogen and oxygen atoms in total. The van der Waals surface area contributed by atoms with E-state index in [0.717, 1.165) is 5.56 Å². The highest BCUT2D eigenvalue weighted by Crippen LogP contribution is 2.16. The minimum Gasteiger partial charge on any atom is -0.406 e. The van der Waals surface area contributed by atoms with Crippen LogP contribution in [-0.2, 0) is 9.53 Å². The van der Waals surface area contributed by atoms with Crippen LogP contribution in [-0.4, -0.2) is 30.4 Å². The van der Waals surface area contributed by atoms with Gasteiger partial charge >= 0.3 is 5.97 Å². The first-order valence-electron chi connectivity index (χ1n) is 7.92. The lowest BCUT2D eigenvalue weighted by atomic mass is 10.1. The number of carbonyl (C=O) groups is 2. The molecule has 2 aromatic rings. The molecule has 122 valence electrons. The van der Waals surface area contributed by atoms with Crippen LogP contribution >= 0.6 is 0 Å². The summed E-state index contributed by atoms with van der Waals surface area (Å²) in [6.07, 6.45) is 1.20. The Morgan fingerprint density at radius 2 is 1.71 bits per heavy atom. The van der Waals surface area contributed by atoms with Crippen LogP contribution in [0.1, 0.15) is 28.8 Å². The number of esters is 1. The molecule has 0 saturated carbocycles. The Kier molecular flexibility index (Phi) is 5.01. The summed E-state index contributed by atoms with van der Waals surface area (Å²) in [5.74, 6) is -0.0692. The standard InChI is InChI=1S/C19H18N2O3/c22-17(14-8-3-1-4-9-14)20-13-7-12-16-19(23)24-18(21-16)15-10-5-2-6-11-15/h1-6,8-11,16H,7,12-13H2,(H,20,22). The lowest BCUT2D eigenvalue weighted by molar-refractivity contribution is -0.135. The highest BCUT2D eigenvalue weighted by molar-refractivity contribution is 6.06. The number of cyclic esters (lactones) is 1. The topological polar surface area (TPSA) is 67.8 Å². The van der Waals surface area contributed by atoms with Gasteiger partial charge in [0.2, 0.25) is 5.90 Å². The number of hydrogen-bond acceptors (Lipinski definition) is 4. The van der Waals surface area contributed by atoms with Crippen molar-refractivity contribution in [3.8, 4) is 0 Å². The summed E-state index contributed by atoms with van der Waals surface area (Å²) in [7, 11) is 0. The number of hydrogen-bond donors (Lipinski definition) is 1. The summed E-state index contributed by atoms with van der Waals surface area (Å²) in [6.45, 7) is 0.494. The van der Waals surface area contributed by atoms with Crippen LogP contribution in [0.3, 0.4) is 0 Å². The zero-order chi connectivity index (χ0) is 16.8. The van der Waals surface area contributed by atoms with Crippen molar-refractivity contribution in [1.82, 2.24) is 5.32 Å². The largest absolute Gasteiger partial charge is 0.406 e. The number of carbonyl (C=O) groups excluding carboxylic acids is 2. The molecule has 0 bridgehead atoms. The van der Waals surface area contributed by atoms with Gasteiger partial charge < -0.3 is 10.1 Å². The molecule has 3 rings (SSSR count). The molecule has 1 aliphatic rings. The number of rotatable bonds is 6. The summed E-state index contributed by atoms with van der Waals surface area (Å²) in [4.78, 5) is 28.1. The van der Waals surface area contributed by atoms with E-state index in [1.165, 1.54) is 0 Å². The highest BCUT2D eigenvalue weighted by atomic mass is 16.6. The second kappa shape index (κ2) is 7.55. The molecule has 0 fully saturated rings. The minimum atomic E-state index is -0.492. The van der Waals surface area contributed by atoms with E-state index in [1.54, 1.807) is 12.1 Å². The Bertz CT molecular complexity index is 742. The fourth-order valence-corrected chi connectivity index (χ4v) is 2.47. The van der Waals surface area contributed by atoms with Crippen molar-refractivity contribution in [2.45, 2.75) is 18.9 Å². The van der Waals surface area contributed by atoms with Gasteiger partial charge in [-0.25, -0.2) is 9.79 Å². The molecule has 5 heteroatoms. The Hall–Kier alpha value is -2.95. The lowest BCUT2D eigenvalue weighted by Crippen LogP contribution is -2.25. The smallest absolute Gasteiger partial charge is 0.337 e. The molecule has 1 atom stereocenters. The van der Waals surface area contributed by atoms with Crippen molar-refractivity contribution in [1.29, 1.82) is 0 Å². The zero-order valence-electron chi connectivity index (χ0n) is 13.1. The van der Waals surface area contributed by atoms with E-state index < -0.39 is 6.04 Å². The predicted molar refractivity (Wildman–Crippen MR) is 90.9 cm³/mol. The lowest BCUT2D eigenvalue weighted by Gasteiger charge is -2.06. The van der Waals surface area contributed by atoms with E-state index >= 15 is 0 Å². The quantitative estimate of drug-likeness (QED) is 0.656. The van der Waals surface area contributed by atoms with Crippen molar-refractivity contribution in [3.05, 3.63) is 71.8 Å². The normalized spacial score (nSPS) is 16.4. The van der Waals surface area contributed by atoms with Gasteiger partial charge in [-0.15, -0.1) is 0 Å². The molecule has 0 radical (unpaired) electrons. The summed E-state index contributed by atoms with van der Waals surface area (Å²) in [6, 6.07) is 17.9. The van der Waals surface area contributed by atoms with Gasteiger partial charge in [0.1, 0.15) is 0 Å². The summed E-state index contributed by atoms with van der Waals surface area (Å²) >= 11 is 0. The highest BCUT2D eigenvalue weighted by Gasteiger charge is 2.29. The molecule has 0 aliphatic carbocycles. The van der Waals surface area contributed by atoms with Crippen LogP contribution in [0.15, 0.2) is 65.7 Å². The van der Waals surface area contributed by atoms with E-state index in [4.69, 9.17) is 4.74 Å². The molecule has 0 saturated heterocycles. The number of nitrogens with zero attached hydrogens (tertiary/aromatic N) is 1. The first-order chi connectivity index (χ1) is 11.7. The van der Waals surface area contributed by atoms with Gasteiger partial charge in [0.15, 0.2) is 6.04 Å². The maximum atomic E-state index is 11.9. The fraction of sp³-hybridized carbons (Fsp3) is 0.211. The van der Waals surface area contributed by atoms with Crippen LogP contribution in [0, 0.1) is 0 Å². The van der Waals surface area contributed by atoms with Gasteiger partial charge in [-0.1, -0.05) is 36.4 Å². The number of amides is 1. The van der Waals surface area contributed by atoms with Gasteiger partial charge in [0, 0.05) is 17.7 Å². The molecule has 1 unspecified atom stereocenters. The summed E-state index contributed by atoms with van der Waals surface area (Å²) in [5.41, 5.74) is 1.42. The third-order valence-electron chi connectivity index (χ3n) is 3.74. The van der Waals surface area contributed by atoms with Gasteiger partial charge in [-0.2, -0.15) is 0 Å². The second-order valence-corrected chi connectivity index (χ2v) is 5.50. The van der Waals surface area contributed by atoms with Crippen LogP contribution in [0.25, 0.3) is 0 Å². The second-order valence-electron chi connectivity index (χ2n) is 5.50. The number of benzene rings is 2. The molecule has 1 N–H and O–H groups in total. The van der Waals surface area contributed by atoms with Crippen LogP contribution < -0.4 is 5.32 Å². The van der Waals surface area contributed by atoms with E-state index in [1.807, 2.05) is 48.5 Å². The zero-order valence-corrected chi connectivity index (χ0v) is 13.1. The monoisotopic (exact) mass is 322 g/mol. The Morgan fingerprint density at radius 1 is 1.04 bits per heavy atom. The van der Waals surface area contributed by atoms with Gasteiger partial charge in [0.25, 0.3) is 5.91 Å². The van der Waals surface area contributed by atoms with Gasteiger partial charge in [0.05, 0.1) is 0 Å². The number of ether oxygens (including phenoxy) is 1. The molecular formula is C19H18N2O3. The summed E-state index contributed by atoms with van der Waals surface area (Å²) < 4.78 is 5.23. The Labute approximate surface area is 140 Å². The van der Waals surface area contributed by atoms with E-state index in [9.17, 15) is 9.59 Å². The third kappa shape index (κ3) is 3.87. The minimum absolute atomic E-state index is 0.113. The average molecular weight is 322 g/mol. The van der Waals surface area contributed by atoms with Crippen LogP contribution in [0.2, 0.25) is 0 Å². The van der Waals surface area contributed by atoms with Gasteiger partial charge in [-0.05, 0) is 37.1 Å². The maximum Gasteiger partial charge on any atom is 0.337 e. The molecule has 0 spiro atoms. The molecule has 1 aliphatic heterocycles. The fourth-order valence-electron chi connectivity index (χ4n) is 2.47. The SMILES string of the molecule is O=C(NCCCC1N=C(c2ccccc2)OC1=O)c1ccccc1. The first kappa shape index (κ1) is 15.9. The number of nitrogens with one attached hydrogen (secondary N) is 1. The molecule has 0 aromatic heterocycles. The van der Waals surface area contributed by atoms with Gasteiger partial charge in [-0.3, -0.25) is 4.79 Å². The van der Waals surface area contributed by atoms with E-state index in [2.05, 4.69) is 10.3 Å². The van der Waals surface area contributed by atoms with Crippen molar-refractivity contribution < 1.29 is 14.3 Å². The van der Waals surface area contributed by atoms with E-state index in [-0.39, 0.29) is 11.9 Å². The molecule has 24 heavy (non-hydrogen) atoms. The molecule has 1 amide bonds. The Morgan fingerprint density at radius 3 is 2.42 bits per heavy atom. The summed E-state index contributed by atoms with van der Waals surface area (Å²) in [5, 5.41) is 2.84.